The van der Waals surface area contributed by atoms with Crippen LogP contribution >= 0.6 is 0 Å². The summed E-state index contributed by atoms with van der Waals surface area (Å²) in [5.41, 5.74) is 11.8. The van der Waals surface area contributed by atoms with E-state index >= 15 is 0 Å². The molecule has 6 nitrogen and oxygen atoms in total. The van der Waals surface area contributed by atoms with Gasteiger partial charge in [-0.3, -0.25) is 14.5 Å². The molecule has 0 atom stereocenters. The lowest BCUT2D eigenvalue weighted by Crippen LogP contribution is -2.57. The zero-order valence-corrected chi connectivity index (χ0v) is 9.93. The SMILES string of the molecule is NC(=O)c1ccc(NC(=O)CN2CC(N)C2)cc1. The second kappa shape index (κ2) is 5.16. The summed E-state index contributed by atoms with van der Waals surface area (Å²) in [6.45, 7) is 1.85. The highest BCUT2D eigenvalue weighted by Gasteiger charge is 2.24. The van der Waals surface area contributed by atoms with Crippen LogP contribution in [-0.4, -0.2) is 42.4 Å². The highest BCUT2D eigenvalue weighted by molar-refractivity contribution is 5.95. The van der Waals surface area contributed by atoms with E-state index < -0.39 is 5.91 Å². The van der Waals surface area contributed by atoms with E-state index in [1.54, 1.807) is 24.3 Å². The number of nitrogens with two attached hydrogens (primary N) is 2. The standard InChI is InChI=1S/C12H16N4O2/c13-9-5-16(6-9)7-11(17)15-10-3-1-8(2-4-10)12(14)18/h1-4,9H,5-7,13H2,(H2,14,18)(H,15,17). The number of primary amides is 1. The lowest BCUT2D eigenvalue weighted by molar-refractivity contribution is -0.118. The van der Waals surface area contributed by atoms with Crippen LogP contribution in [0.3, 0.4) is 0 Å². The van der Waals surface area contributed by atoms with Crippen LogP contribution in [-0.2, 0) is 4.79 Å². The van der Waals surface area contributed by atoms with E-state index in [1.807, 2.05) is 4.90 Å². The van der Waals surface area contributed by atoms with Crippen molar-refractivity contribution in [3.05, 3.63) is 29.8 Å². The molecule has 5 N–H and O–H groups in total. The third-order valence-electron chi connectivity index (χ3n) is 2.81. The Morgan fingerprint density at radius 2 is 1.89 bits per heavy atom. The van der Waals surface area contributed by atoms with E-state index in [0.29, 0.717) is 17.8 Å². The first kappa shape index (κ1) is 12.5. The quantitative estimate of drug-likeness (QED) is 0.660. The van der Waals surface area contributed by atoms with Crippen molar-refractivity contribution in [3.8, 4) is 0 Å². The van der Waals surface area contributed by atoms with Crippen molar-refractivity contribution in [1.82, 2.24) is 4.90 Å². The number of hydrogen-bond acceptors (Lipinski definition) is 4. The highest BCUT2D eigenvalue weighted by Crippen LogP contribution is 2.10. The molecule has 18 heavy (non-hydrogen) atoms. The molecule has 0 radical (unpaired) electrons. The minimum Gasteiger partial charge on any atom is -0.366 e. The second-order valence-corrected chi connectivity index (χ2v) is 4.44. The molecule has 1 aliphatic heterocycles. The number of carbonyl (C=O) groups excluding carboxylic acids is 2. The Hall–Kier alpha value is -1.92. The maximum absolute atomic E-state index is 11.7. The summed E-state index contributed by atoms with van der Waals surface area (Å²) in [7, 11) is 0. The fourth-order valence-electron chi connectivity index (χ4n) is 1.86. The lowest BCUT2D eigenvalue weighted by Gasteiger charge is -2.36. The molecule has 1 aliphatic rings. The number of carbonyl (C=O) groups is 2. The van der Waals surface area contributed by atoms with Crippen LogP contribution in [0, 0.1) is 0 Å². The summed E-state index contributed by atoms with van der Waals surface area (Å²) < 4.78 is 0. The van der Waals surface area contributed by atoms with E-state index in [-0.39, 0.29) is 11.9 Å². The number of rotatable bonds is 4. The van der Waals surface area contributed by atoms with Gasteiger partial charge in [0.1, 0.15) is 0 Å². The maximum atomic E-state index is 11.7. The Bertz CT molecular complexity index is 452. The Morgan fingerprint density at radius 1 is 1.28 bits per heavy atom. The minimum atomic E-state index is -0.484. The van der Waals surface area contributed by atoms with E-state index in [2.05, 4.69) is 5.32 Å². The van der Waals surface area contributed by atoms with E-state index in [0.717, 1.165) is 13.1 Å². The van der Waals surface area contributed by atoms with Crippen molar-refractivity contribution in [2.75, 3.05) is 25.0 Å². The Morgan fingerprint density at radius 3 is 2.39 bits per heavy atom. The first-order chi connectivity index (χ1) is 8.54. The third kappa shape index (κ3) is 3.06. The molecule has 0 bridgehead atoms. The number of amides is 2. The molecule has 0 saturated carbocycles. The smallest absolute Gasteiger partial charge is 0.248 e. The molecule has 96 valence electrons. The molecular formula is C12H16N4O2. The van der Waals surface area contributed by atoms with Gasteiger partial charge >= 0.3 is 0 Å². The lowest BCUT2D eigenvalue weighted by atomic mass is 10.1. The van der Waals surface area contributed by atoms with Crippen molar-refractivity contribution in [1.29, 1.82) is 0 Å². The van der Waals surface area contributed by atoms with E-state index in [1.165, 1.54) is 0 Å². The molecule has 1 heterocycles. The van der Waals surface area contributed by atoms with Gasteiger partial charge in [-0.15, -0.1) is 0 Å². The van der Waals surface area contributed by atoms with Crippen molar-refractivity contribution in [2.45, 2.75) is 6.04 Å². The number of anilines is 1. The maximum Gasteiger partial charge on any atom is 0.248 e. The molecule has 2 amide bonds. The summed E-state index contributed by atoms with van der Waals surface area (Å²) in [5.74, 6) is -0.573. The van der Waals surface area contributed by atoms with Gasteiger partial charge in [0.15, 0.2) is 0 Å². The van der Waals surface area contributed by atoms with Gasteiger partial charge in [0.25, 0.3) is 0 Å². The summed E-state index contributed by atoms with van der Waals surface area (Å²) in [5, 5.41) is 2.75. The number of benzene rings is 1. The fourth-order valence-corrected chi connectivity index (χ4v) is 1.86. The van der Waals surface area contributed by atoms with Crippen LogP contribution in [0.15, 0.2) is 24.3 Å². The molecular weight excluding hydrogens is 232 g/mol. The highest BCUT2D eigenvalue weighted by atomic mass is 16.2. The topological polar surface area (TPSA) is 101 Å². The van der Waals surface area contributed by atoms with Crippen molar-refractivity contribution < 1.29 is 9.59 Å². The van der Waals surface area contributed by atoms with Gasteiger partial charge in [0, 0.05) is 30.4 Å². The fraction of sp³-hybridized carbons (Fsp3) is 0.333. The summed E-state index contributed by atoms with van der Waals surface area (Å²) in [6.07, 6.45) is 0. The monoisotopic (exact) mass is 248 g/mol. The second-order valence-electron chi connectivity index (χ2n) is 4.44. The van der Waals surface area contributed by atoms with Gasteiger partial charge in [0.2, 0.25) is 11.8 Å². The van der Waals surface area contributed by atoms with Gasteiger partial charge in [-0.05, 0) is 24.3 Å². The molecule has 0 aromatic heterocycles. The van der Waals surface area contributed by atoms with Crippen LogP contribution in [0.25, 0.3) is 0 Å². The molecule has 1 fully saturated rings. The number of nitrogens with zero attached hydrogens (tertiary/aromatic N) is 1. The van der Waals surface area contributed by atoms with Crippen LogP contribution < -0.4 is 16.8 Å². The molecule has 0 aliphatic carbocycles. The number of likely N-dealkylation sites (tertiary alicyclic amines) is 1. The van der Waals surface area contributed by atoms with Crippen molar-refractivity contribution in [2.24, 2.45) is 11.5 Å². The van der Waals surface area contributed by atoms with Crippen LogP contribution in [0.5, 0.6) is 0 Å². The van der Waals surface area contributed by atoms with Gasteiger partial charge in [-0.2, -0.15) is 0 Å². The van der Waals surface area contributed by atoms with Gasteiger partial charge in [-0.1, -0.05) is 0 Å². The first-order valence-corrected chi connectivity index (χ1v) is 5.72. The van der Waals surface area contributed by atoms with Crippen LogP contribution in [0.2, 0.25) is 0 Å². The van der Waals surface area contributed by atoms with Gasteiger partial charge in [-0.25, -0.2) is 0 Å². The van der Waals surface area contributed by atoms with E-state index in [4.69, 9.17) is 11.5 Å². The normalized spacial score (nSPS) is 16.1. The molecule has 6 heteroatoms. The summed E-state index contributed by atoms with van der Waals surface area (Å²) in [6, 6.07) is 6.65. The molecule has 1 aromatic carbocycles. The molecule has 0 spiro atoms. The van der Waals surface area contributed by atoms with E-state index in [9.17, 15) is 9.59 Å². The molecule has 1 aromatic rings. The minimum absolute atomic E-state index is 0.0891. The molecule has 2 rings (SSSR count). The third-order valence-corrected chi connectivity index (χ3v) is 2.81. The number of nitrogens with one attached hydrogen (secondary N) is 1. The van der Waals surface area contributed by atoms with Crippen molar-refractivity contribution in [3.63, 3.8) is 0 Å². The summed E-state index contributed by atoms with van der Waals surface area (Å²) >= 11 is 0. The zero-order valence-electron chi connectivity index (χ0n) is 9.93. The van der Waals surface area contributed by atoms with Crippen molar-refractivity contribution >= 4 is 17.5 Å². The van der Waals surface area contributed by atoms with Crippen LogP contribution in [0.4, 0.5) is 5.69 Å². The van der Waals surface area contributed by atoms with Crippen LogP contribution in [0.1, 0.15) is 10.4 Å². The average molecular weight is 248 g/mol. The van der Waals surface area contributed by atoms with Gasteiger partial charge < -0.3 is 16.8 Å². The largest absolute Gasteiger partial charge is 0.366 e. The predicted molar refractivity (Wildman–Crippen MR) is 68.0 cm³/mol. The zero-order chi connectivity index (χ0) is 13.1. The number of hydrogen-bond donors (Lipinski definition) is 3. The molecule has 0 unspecified atom stereocenters. The van der Waals surface area contributed by atoms with Gasteiger partial charge in [0.05, 0.1) is 6.54 Å². The first-order valence-electron chi connectivity index (χ1n) is 5.72. The summed E-state index contributed by atoms with van der Waals surface area (Å²) in [4.78, 5) is 24.5. The Kier molecular flexibility index (Phi) is 3.59. The Balaban J connectivity index is 1.85. The predicted octanol–water partition coefficient (Wildman–Crippen LogP) is -0.633. The molecule has 1 saturated heterocycles. The average Bonchev–Trinajstić information content (AvgIpc) is 2.27. The Labute approximate surface area is 105 Å².